The molecule has 1 atom stereocenters. The zero-order valence-electron chi connectivity index (χ0n) is 18.9. The zero-order chi connectivity index (χ0) is 22.8. The molecule has 1 saturated heterocycles. The molecule has 0 saturated carbocycles. The van der Waals surface area contributed by atoms with Gasteiger partial charge >= 0.3 is 6.09 Å². The molecule has 8 nitrogen and oxygen atoms in total. The Morgan fingerprint density at radius 1 is 1.19 bits per heavy atom. The Morgan fingerprint density at radius 3 is 2.59 bits per heavy atom. The first-order valence-corrected chi connectivity index (χ1v) is 13.1. The van der Waals surface area contributed by atoms with Crippen LogP contribution in [0.2, 0.25) is 0 Å². The summed E-state index contributed by atoms with van der Waals surface area (Å²) in [6, 6.07) is 0. The molecular formula is C22H30N4O4S2. The number of aryl methyl sites for hydroxylation is 1. The van der Waals surface area contributed by atoms with Crippen LogP contribution < -0.4 is 5.56 Å². The smallest absolute Gasteiger partial charge is 0.409 e. The average molecular weight is 479 g/mol. The van der Waals surface area contributed by atoms with Gasteiger partial charge in [0.15, 0.2) is 5.16 Å². The molecule has 1 fully saturated rings. The third-order valence-electron chi connectivity index (χ3n) is 6.18. The summed E-state index contributed by atoms with van der Waals surface area (Å²) in [7, 11) is 0. The fraction of sp³-hybridized carbons (Fsp3) is 0.636. The van der Waals surface area contributed by atoms with Crippen LogP contribution in [-0.2, 0) is 28.9 Å². The number of carbonyl (C=O) groups excluding carboxylic acids is 2. The van der Waals surface area contributed by atoms with Crippen molar-refractivity contribution in [3.63, 3.8) is 0 Å². The number of nitrogens with zero attached hydrogens (tertiary/aromatic N) is 4. The molecule has 10 heteroatoms. The SMILES string of the molecule is CCOC(=O)N1CCN(C(=O)CSc2nc3sc4c(c3c(=O)n2CC)CCC(C)C4)CC1. The summed E-state index contributed by atoms with van der Waals surface area (Å²) >= 11 is 2.96. The van der Waals surface area contributed by atoms with E-state index in [1.807, 2.05) is 6.92 Å². The normalized spacial score (nSPS) is 18.7. The van der Waals surface area contributed by atoms with E-state index in [0.29, 0.717) is 50.4 Å². The molecule has 1 aliphatic heterocycles. The summed E-state index contributed by atoms with van der Waals surface area (Å²) in [5, 5.41) is 1.39. The number of aromatic nitrogens is 2. The van der Waals surface area contributed by atoms with E-state index < -0.39 is 0 Å². The van der Waals surface area contributed by atoms with Gasteiger partial charge < -0.3 is 14.5 Å². The highest BCUT2D eigenvalue weighted by Gasteiger charge is 2.27. The monoisotopic (exact) mass is 478 g/mol. The van der Waals surface area contributed by atoms with Crippen LogP contribution in [0.5, 0.6) is 0 Å². The average Bonchev–Trinajstić information content (AvgIpc) is 3.15. The Bertz CT molecular complexity index is 1070. The molecule has 1 aliphatic carbocycles. The Morgan fingerprint density at radius 2 is 1.91 bits per heavy atom. The molecular weight excluding hydrogens is 448 g/mol. The first-order valence-electron chi connectivity index (χ1n) is 11.3. The molecule has 3 heterocycles. The van der Waals surface area contributed by atoms with E-state index in [2.05, 4.69) is 6.92 Å². The second-order valence-corrected chi connectivity index (χ2v) is 10.4. The van der Waals surface area contributed by atoms with E-state index in [1.165, 1.54) is 22.2 Å². The molecule has 0 aromatic carbocycles. The van der Waals surface area contributed by atoms with Crippen LogP contribution in [-0.4, -0.2) is 69.9 Å². The third-order valence-corrected chi connectivity index (χ3v) is 8.29. The maximum Gasteiger partial charge on any atom is 0.409 e. The van der Waals surface area contributed by atoms with Crippen molar-refractivity contribution in [2.24, 2.45) is 5.92 Å². The number of thiophene rings is 1. The fourth-order valence-corrected chi connectivity index (χ4v) is 6.75. The van der Waals surface area contributed by atoms with Gasteiger partial charge in [-0.3, -0.25) is 14.2 Å². The van der Waals surface area contributed by atoms with E-state index in [0.717, 1.165) is 29.5 Å². The number of piperazine rings is 1. The summed E-state index contributed by atoms with van der Waals surface area (Å²) in [5.41, 5.74) is 1.21. The minimum atomic E-state index is -0.327. The highest BCUT2D eigenvalue weighted by Crippen LogP contribution is 2.36. The number of thioether (sulfide) groups is 1. The van der Waals surface area contributed by atoms with Crippen LogP contribution in [0.1, 0.15) is 37.6 Å². The molecule has 4 rings (SSSR count). The number of carbonyl (C=O) groups is 2. The van der Waals surface area contributed by atoms with Gasteiger partial charge in [0.25, 0.3) is 5.56 Å². The summed E-state index contributed by atoms with van der Waals surface area (Å²) in [5.74, 6) is 0.856. The van der Waals surface area contributed by atoms with Crippen molar-refractivity contribution in [3.8, 4) is 0 Å². The van der Waals surface area contributed by atoms with Gasteiger partial charge in [0, 0.05) is 37.6 Å². The summed E-state index contributed by atoms with van der Waals surface area (Å²) in [6.45, 7) is 8.76. The lowest BCUT2D eigenvalue weighted by atomic mass is 9.89. The third kappa shape index (κ3) is 4.52. The van der Waals surface area contributed by atoms with Crippen LogP contribution in [0.25, 0.3) is 10.2 Å². The molecule has 2 aromatic heterocycles. The van der Waals surface area contributed by atoms with E-state index in [9.17, 15) is 14.4 Å². The molecule has 2 amide bonds. The first kappa shape index (κ1) is 23.1. The minimum absolute atomic E-state index is 0.00481. The first-order chi connectivity index (χ1) is 15.4. The second kappa shape index (κ2) is 9.82. The van der Waals surface area contributed by atoms with Gasteiger partial charge in [0.2, 0.25) is 5.91 Å². The quantitative estimate of drug-likeness (QED) is 0.485. The van der Waals surface area contributed by atoms with E-state index in [-0.39, 0.29) is 23.3 Å². The van der Waals surface area contributed by atoms with E-state index in [1.54, 1.807) is 32.6 Å². The maximum absolute atomic E-state index is 13.3. The van der Waals surface area contributed by atoms with Gasteiger partial charge in [-0.2, -0.15) is 0 Å². The number of fused-ring (bicyclic) bond motifs is 3. The van der Waals surface area contributed by atoms with Crippen molar-refractivity contribution in [3.05, 3.63) is 20.8 Å². The van der Waals surface area contributed by atoms with Gasteiger partial charge in [-0.25, -0.2) is 9.78 Å². The van der Waals surface area contributed by atoms with Gasteiger partial charge in [0.05, 0.1) is 17.7 Å². The van der Waals surface area contributed by atoms with E-state index >= 15 is 0 Å². The summed E-state index contributed by atoms with van der Waals surface area (Å²) in [6.07, 6.45) is 2.74. The number of ether oxygens (including phenoxy) is 1. The molecule has 174 valence electrons. The predicted octanol–water partition coefficient (Wildman–Crippen LogP) is 3.00. The topological polar surface area (TPSA) is 84.7 Å². The standard InChI is InChI=1S/C22H30N4O4S2/c1-4-26-20(28)18-15-7-6-14(3)12-16(15)32-19(18)23-21(26)31-13-17(27)24-8-10-25(11-9-24)22(29)30-5-2/h14H,4-13H2,1-3H3. The molecule has 0 bridgehead atoms. The minimum Gasteiger partial charge on any atom is -0.450 e. The van der Waals surface area contributed by atoms with Gasteiger partial charge in [-0.05, 0) is 44.6 Å². The number of hydrogen-bond acceptors (Lipinski definition) is 7. The van der Waals surface area contributed by atoms with Crippen molar-refractivity contribution in [2.75, 3.05) is 38.5 Å². The molecule has 1 unspecified atom stereocenters. The Kier molecular flexibility index (Phi) is 7.09. The Balaban J connectivity index is 1.46. The molecule has 0 N–H and O–H groups in total. The Labute approximate surface area is 195 Å². The lowest BCUT2D eigenvalue weighted by molar-refractivity contribution is -0.129. The lowest BCUT2D eigenvalue weighted by Crippen LogP contribution is -2.51. The van der Waals surface area contributed by atoms with Gasteiger partial charge in [-0.15, -0.1) is 11.3 Å². The predicted molar refractivity (Wildman–Crippen MR) is 127 cm³/mol. The molecule has 32 heavy (non-hydrogen) atoms. The van der Waals surface area contributed by atoms with Crippen LogP contribution in [0.4, 0.5) is 4.79 Å². The second-order valence-electron chi connectivity index (χ2n) is 8.33. The van der Waals surface area contributed by atoms with Crippen LogP contribution in [0, 0.1) is 5.92 Å². The van der Waals surface area contributed by atoms with Gasteiger partial charge in [0.1, 0.15) is 4.83 Å². The van der Waals surface area contributed by atoms with Crippen LogP contribution in [0.15, 0.2) is 9.95 Å². The van der Waals surface area contributed by atoms with Crippen molar-refractivity contribution < 1.29 is 14.3 Å². The summed E-state index contributed by atoms with van der Waals surface area (Å²) in [4.78, 5) is 48.2. The van der Waals surface area contributed by atoms with Crippen molar-refractivity contribution in [1.82, 2.24) is 19.4 Å². The van der Waals surface area contributed by atoms with Crippen molar-refractivity contribution in [1.29, 1.82) is 0 Å². The van der Waals surface area contributed by atoms with Gasteiger partial charge in [-0.1, -0.05) is 18.7 Å². The number of rotatable bonds is 5. The number of amides is 2. The maximum atomic E-state index is 13.3. The number of hydrogen-bond donors (Lipinski definition) is 0. The van der Waals surface area contributed by atoms with E-state index in [4.69, 9.17) is 9.72 Å². The highest BCUT2D eigenvalue weighted by atomic mass is 32.2. The highest BCUT2D eigenvalue weighted by molar-refractivity contribution is 7.99. The Hall–Kier alpha value is -2.07. The summed E-state index contributed by atoms with van der Waals surface area (Å²) < 4.78 is 6.73. The van der Waals surface area contributed by atoms with Crippen LogP contribution in [0.3, 0.4) is 0 Å². The molecule has 0 radical (unpaired) electrons. The van der Waals surface area contributed by atoms with Crippen molar-refractivity contribution >= 4 is 45.3 Å². The molecule has 2 aliphatic rings. The largest absolute Gasteiger partial charge is 0.450 e. The zero-order valence-corrected chi connectivity index (χ0v) is 20.5. The molecule has 2 aromatic rings. The van der Waals surface area contributed by atoms with Crippen LogP contribution >= 0.6 is 23.1 Å². The van der Waals surface area contributed by atoms with Crippen molar-refractivity contribution in [2.45, 2.75) is 51.7 Å². The molecule has 0 spiro atoms. The lowest BCUT2D eigenvalue weighted by Gasteiger charge is -2.34. The fourth-order valence-electron chi connectivity index (χ4n) is 4.36.